The lowest BCUT2D eigenvalue weighted by atomic mass is 9.95. The van der Waals surface area contributed by atoms with Crippen LogP contribution in [-0.4, -0.2) is 18.8 Å². The van der Waals surface area contributed by atoms with Crippen molar-refractivity contribution in [3.8, 4) is 6.07 Å². The largest absolute Gasteiger partial charge is 0.221 e. The molecule has 7 heteroatoms. The van der Waals surface area contributed by atoms with Crippen molar-refractivity contribution in [1.29, 1.82) is 5.26 Å². The van der Waals surface area contributed by atoms with Gasteiger partial charge in [-0.05, 0) is 50.3 Å². The summed E-state index contributed by atoms with van der Waals surface area (Å²) in [5, 5.41) is 8.58. The average molecular weight is 416 g/mol. The van der Waals surface area contributed by atoms with Gasteiger partial charge in [0.25, 0.3) is 0 Å². The molecule has 2 atom stereocenters. The zero-order valence-corrected chi connectivity index (χ0v) is 16.9. The van der Waals surface area contributed by atoms with Crippen LogP contribution in [0.2, 0.25) is 0 Å². The summed E-state index contributed by atoms with van der Waals surface area (Å²) in [6, 6.07) is 12.9. The smallest absolute Gasteiger partial charge is 0.212 e. The van der Waals surface area contributed by atoms with Crippen LogP contribution < -0.4 is 0 Å². The normalized spacial score (nSPS) is 25.3. The van der Waals surface area contributed by atoms with Gasteiger partial charge in [0.05, 0.1) is 11.5 Å². The fraction of sp³-hybridized carbons (Fsp3) is 0.409. The first-order valence-corrected chi connectivity index (χ1v) is 11.2. The molecule has 2 fully saturated rings. The third kappa shape index (κ3) is 3.45. The second kappa shape index (κ2) is 7.19. The minimum Gasteiger partial charge on any atom is -0.212 e. The van der Waals surface area contributed by atoms with Gasteiger partial charge in [-0.1, -0.05) is 30.3 Å². The van der Waals surface area contributed by atoms with Crippen LogP contribution in [0.15, 0.2) is 42.5 Å². The molecule has 2 aromatic rings. The van der Waals surface area contributed by atoms with E-state index in [1.165, 1.54) is 4.31 Å². The zero-order valence-electron chi connectivity index (χ0n) is 16.1. The van der Waals surface area contributed by atoms with Crippen molar-refractivity contribution in [2.45, 2.75) is 55.9 Å². The summed E-state index contributed by atoms with van der Waals surface area (Å²) in [5.74, 6) is -1.32. The standard InChI is InChI=1S/C22H22F2N2O2S/c1-15-7-8-21(16-5-3-2-4-6-16)29(27,28)26(15)13-17-11-20(24)18(12-19(17)23)22(14-25)9-10-22/h2-6,11-12,15,21H,7-10,13H2,1H3/t15-,21+/m0/s1. The molecule has 29 heavy (non-hydrogen) atoms. The van der Waals surface area contributed by atoms with Crippen molar-refractivity contribution in [3.05, 3.63) is 70.8 Å². The zero-order chi connectivity index (χ0) is 20.8. The topological polar surface area (TPSA) is 61.2 Å². The summed E-state index contributed by atoms with van der Waals surface area (Å²) in [7, 11) is -3.73. The van der Waals surface area contributed by atoms with Gasteiger partial charge in [-0.2, -0.15) is 9.57 Å². The summed E-state index contributed by atoms with van der Waals surface area (Å²) in [6.07, 6.45) is 2.15. The maximum absolute atomic E-state index is 14.8. The first kappa shape index (κ1) is 20.0. The number of sulfonamides is 1. The van der Waals surface area contributed by atoms with Crippen LogP contribution in [0, 0.1) is 23.0 Å². The fourth-order valence-corrected chi connectivity index (χ4v) is 6.35. The Morgan fingerprint density at radius 1 is 1.14 bits per heavy atom. The van der Waals surface area contributed by atoms with E-state index in [0.717, 1.165) is 12.1 Å². The highest BCUT2D eigenvalue weighted by atomic mass is 32.2. The van der Waals surface area contributed by atoms with Crippen molar-refractivity contribution in [2.75, 3.05) is 0 Å². The van der Waals surface area contributed by atoms with Crippen molar-refractivity contribution < 1.29 is 17.2 Å². The molecule has 1 aliphatic heterocycles. The maximum Gasteiger partial charge on any atom is 0.221 e. The van der Waals surface area contributed by atoms with E-state index in [1.54, 1.807) is 31.2 Å². The van der Waals surface area contributed by atoms with E-state index in [0.29, 0.717) is 31.2 Å². The van der Waals surface area contributed by atoms with E-state index in [2.05, 4.69) is 6.07 Å². The van der Waals surface area contributed by atoms with Crippen LogP contribution in [0.5, 0.6) is 0 Å². The Morgan fingerprint density at radius 3 is 2.45 bits per heavy atom. The Balaban J connectivity index is 1.66. The van der Waals surface area contributed by atoms with E-state index >= 15 is 0 Å². The third-order valence-electron chi connectivity index (χ3n) is 6.14. The molecular formula is C22H22F2N2O2S. The summed E-state index contributed by atoms with van der Waals surface area (Å²) in [6.45, 7) is 1.56. The molecule has 1 heterocycles. The van der Waals surface area contributed by atoms with Crippen LogP contribution in [0.3, 0.4) is 0 Å². The van der Waals surface area contributed by atoms with Crippen LogP contribution in [0.4, 0.5) is 8.78 Å². The molecule has 0 amide bonds. The predicted octanol–water partition coefficient (Wildman–Crippen LogP) is 4.58. The van der Waals surface area contributed by atoms with Crippen molar-refractivity contribution in [3.63, 3.8) is 0 Å². The molecule has 2 aliphatic rings. The first-order chi connectivity index (χ1) is 13.8. The fourth-order valence-electron chi connectivity index (χ4n) is 4.16. The van der Waals surface area contributed by atoms with Gasteiger partial charge in [-0.15, -0.1) is 0 Å². The van der Waals surface area contributed by atoms with Gasteiger partial charge >= 0.3 is 0 Å². The Bertz CT molecular complexity index is 1080. The number of nitrogens with zero attached hydrogens (tertiary/aromatic N) is 2. The molecule has 1 saturated carbocycles. The number of rotatable bonds is 4. The summed E-state index contributed by atoms with van der Waals surface area (Å²) < 4.78 is 57.3. The number of nitriles is 1. The molecule has 0 N–H and O–H groups in total. The lowest BCUT2D eigenvalue weighted by molar-refractivity contribution is 0.278. The molecule has 0 aromatic heterocycles. The maximum atomic E-state index is 14.8. The molecule has 2 aromatic carbocycles. The quantitative estimate of drug-likeness (QED) is 0.733. The highest BCUT2D eigenvalue weighted by molar-refractivity contribution is 7.89. The van der Waals surface area contributed by atoms with Gasteiger partial charge in [0.2, 0.25) is 10.0 Å². The van der Waals surface area contributed by atoms with Crippen LogP contribution in [0.25, 0.3) is 0 Å². The van der Waals surface area contributed by atoms with Crippen molar-refractivity contribution in [2.24, 2.45) is 0 Å². The van der Waals surface area contributed by atoms with Gasteiger partial charge in [0.15, 0.2) is 0 Å². The third-order valence-corrected chi connectivity index (χ3v) is 8.51. The number of hydrogen-bond acceptors (Lipinski definition) is 3. The Hall–Kier alpha value is -2.30. The van der Waals surface area contributed by atoms with E-state index < -0.39 is 32.3 Å². The molecule has 4 rings (SSSR count). The van der Waals surface area contributed by atoms with E-state index in [1.807, 2.05) is 6.07 Å². The van der Waals surface area contributed by atoms with E-state index in [-0.39, 0.29) is 23.7 Å². The van der Waals surface area contributed by atoms with Gasteiger partial charge < -0.3 is 0 Å². The molecule has 1 aliphatic carbocycles. The summed E-state index contributed by atoms with van der Waals surface area (Å²) in [4.78, 5) is 0. The lowest BCUT2D eigenvalue weighted by Gasteiger charge is -2.37. The lowest BCUT2D eigenvalue weighted by Crippen LogP contribution is -2.44. The minimum atomic E-state index is -3.73. The Labute approximate surface area is 169 Å². The van der Waals surface area contributed by atoms with Gasteiger partial charge in [-0.3, -0.25) is 0 Å². The van der Waals surface area contributed by atoms with Crippen LogP contribution >= 0.6 is 0 Å². The van der Waals surface area contributed by atoms with Gasteiger partial charge in [0.1, 0.15) is 16.9 Å². The number of benzene rings is 2. The molecule has 0 radical (unpaired) electrons. The molecular weight excluding hydrogens is 394 g/mol. The number of hydrogen-bond donors (Lipinski definition) is 0. The minimum absolute atomic E-state index is 0.0101. The SMILES string of the molecule is C[C@H]1CC[C@H](c2ccccc2)S(=O)(=O)N1Cc1cc(F)c(C2(C#N)CC2)cc1F. The second-order valence-electron chi connectivity index (χ2n) is 8.03. The monoisotopic (exact) mass is 416 g/mol. The first-order valence-electron chi connectivity index (χ1n) is 9.74. The molecule has 0 bridgehead atoms. The van der Waals surface area contributed by atoms with Crippen molar-refractivity contribution >= 4 is 10.0 Å². The van der Waals surface area contributed by atoms with E-state index in [4.69, 9.17) is 0 Å². The molecule has 152 valence electrons. The Morgan fingerprint density at radius 2 is 1.83 bits per heavy atom. The predicted molar refractivity (Wildman–Crippen MR) is 105 cm³/mol. The van der Waals surface area contributed by atoms with Gasteiger partial charge in [-0.25, -0.2) is 17.2 Å². The van der Waals surface area contributed by atoms with Crippen LogP contribution in [-0.2, 0) is 22.0 Å². The molecule has 4 nitrogen and oxygen atoms in total. The summed E-state index contributed by atoms with van der Waals surface area (Å²) >= 11 is 0. The molecule has 0 spiro atoms. The van der Waals surface area contributed by atoms with Gasteiger partial charge in [0, 0.05) is 23.7 Å². The number of halogens is 2. The van der Waals surface area contributed by atoms with Crippen molar-refractivity contribution in [1.82, 2.24) is 4.31 Å². The average Bonchev–Trinajstić information content (AvgIpc) is 3.49. The molecule has 1 saturated heterocycles. The second-order valence-corrected chi connectivity index (χ2v) is 10.1. The molecule has 0 unspecified atom stereocenters. The highest BCUT2D eigenvalue weighted by Crippen LogP contribution is 2.49. The van der Waals surface area contributed by atoms with Crippen LogP contribution in [0.1, 0.15) is 54.5 Å². The highest BCUT2D eigenvalue weighted by Gasteiger charge is 2.47. The van der Waals surface area contributed by atoms with E-state index in [9.17, 15) is 22.5 Å². The summed E-state index contributed by atoms with van der Waals surface area (Å²) in [5.41, 5.74) is -0.176. The Kier molecular flexibility index (Phi) is 4.96.